The van der Waals surface area contributed by atoms with Gasteiger partial charge in [-0.3, -0.25) is 0 Å². The highest BCUT2D eigenvalue weighted by atomic mass is 16.1. The van der Waals surface area contributed by atoms with E-state index in [1.165, 1.54) is 38.5 Å². The summed E-state index contributed by atoms with van der Waals surface area (Å²) in [5.74, 6) is 2.34. The molecular formula is C17H26N2O2. The Morgan fingerprint density at radius 3 is 1.95 bits per heavy atom. The topological polar surface area (TPSA) is 58.9 Å². The average molecular weight is 290 g/mol. The van der Waals surface area contributed by atoms with E-state index < -0.39 is 5.66 Å². The number of hydrogen-bond acceptors (Lipinski definition) is 4. The van der Waals surface area contributed by atoms with Gasteiger partial charge in [0, 0.05) is 0 Å². The molecular weight excluding hydrogens is 264 g/mol. The molecule has 4 nitrogen and oxygen atoms in total. The number of aliphatic imine (C=N–C) groups is 2. The first-order valence-corrected chi connectivity index (χ1v) is 8.42. The van der Waals surface area contributed by atoms with Crippen LogP contribution in [0.15, 0.2) is 9.98 Å². The fourth-order valence-electron chi connectivity index (χ4n) is 4.56. The van der Waals surface area contributed by atoms with Crippen LogP contribution in [-0.4, -0.2) is 17.8 Å². The Balaban J connectivity index is 2.00. The minimum absolute atomic E-state index is 0.686. The molecule has 4 heteroatoms. The molecule has 0 amide bonds. The second-order valence-corrected chi connectivity index (χ2v) is 6.70. The summed E-state index contributed by atoms with van der Waals surface area (Å²) in [4.78, 5) is 28.8. The van der Waals surface area contributed by atoms with Crippen molar-refractivity contribution >= 4 is 12.2 Å². The molecule has 0 aromatic heterocycles. The Morgan fingerprint density at radius 2 is 1.48 bits per heavy atom. The molecule has 0 heterocycles. The lowest BCUT2D eigenvalue weighted by molar-refractivity contribution is 0.115. The van der Waals surface area contributed by atoms with E-state index in [1.54, 1.807) is 12.2 Å². The van der Waals surface area contributed by atoms with E-state index in [9.17, 15) is 9.59 Å². The van der Waals surface area contributed by atoms with Gasteiger partial charge in [0.2, 0.25) is 12.2 Å². The first kappa shape index (κ1) is 16.1. The Labute approximate surface area is 127 Å². The molecule has 2 rings (SSSR count). The van der Waals surface area contributed by atoms with E-state index in [1.807, 2.05) is 0 Å². The summed E-state index contributed by atoms with van der Waals surface area (Å²) in [6, 6.07) is 0. The molecule has 0 spiro atoms. The molecule has 2 fully saturated rings. The fraction of sp³-hybridized carbons (Fsp3) is 0.882. The van der Waals surface area contributed by atoms with Crippen LogP contribution in [0.25, 0.3) is 0 Å². The van der Waals surface area contributed by atoms with Crippen molar-refractivity contribution in [2.24, 2.45) is 27.7 Å². The van der Waals surface area contributed by atoms with Gasteiger partial charge in [0.1, 0.15) is 0 Å². The Kier molecular flexibility index (Phi) is 5.90. The lowest BCUT2D eigenvalue weighted by Crippen LogP contribution is -2.35. The minimum atomic E-state index is -0.856. The van der Waals surface area contributed by atoms with Crippen LogP contribution in [0.5, 0.6) is 0 Å². The summed E-state index contributed by atoms with van der Waals surface area (Å²) in [5.41, 5.74) is -0.856. The molecule has 0 bridgehead atoms. The number of rotatable bonds is 5. The quantitative estimate of drug-likeness (QED) is 0.564. The van der Waals surface area contributed by atoms with Gasteiger partial charge in [0.15, 0.2) is 5.66 Å². The summed E-state index contributed by atoms with van der Waals surface area (Å²) in [6.07, 6.45) is 14.7. The minimum Gasteiger partial charge on any atom is -0.211 e. The smallest absolute Gasteiger partial charge is 0.211 e. The van der Waals surface area contributed by atoms with Crippen molar-refractivity contribution in [3.63, 3.8) is 0 Å². The maximum atomic E-state index is 10.6. The van der Waals surface area contributed by atoms with E-state index in [0.29, 0.717) is 18.8 Å². The van der Waals surface area contributed by atoms with Gasteiger partial charge in [0.25, 0.3) is 0 Å². The monoisotopic (exact) mass is 290 g/mol. The first-order valence-electron chi connectivity index (χ1n) is 8.42. The van der Waals surface area contributed by atoms with Crippen LogP contribution in [0.3, 0.4) is 0 Å². The Bertz CT molecular complexity index is 402. The van der Waals surface area contributed by atoms with Crippen LogP contribution < -0.4 is 0 Å². The van der Waals surface area contributed by atoms with Gasteiger partial charge < -0.3 is 0 Å². The predicted octanol–water partition coefficient (Wildman–Crippen LogP) is 4.15. The third-order valence-electron chi connectivity index (χ3n) is 5.67. The lowest BCUT2D eigenvalue weighted by Gasteiger charge is -2.40. The number of nitrogens with zero attached hydrogens (tertiary/aromatic N) is 2. The van der Waals surface area contributed by atoms with E-state index in [2.05, 4.69) is 16.9 Å². The normalized spacial score (nSPS) is 31.8. The van der Waals surface area contributed by atoms with Gasteiger partial charge in [-0.1, -0.05) is 45.4 Å². The molecule has 116 valence electrons. The van der Waals surface area contributed by atoms with Gasteiger partial charge in [-0.2, -0.15) is 9.98 Å². The molecule has 0 aromatic carbocycles. The van der Waals surface area contributed by atoms with Crippen molar-refractivity contribution in [1.82, 2.24) is 0 Å². The lowest BCUT2D eigenvalue weighted by atomic mass is 9.67. The summed E-state index contributed by atoms with van der Waals surface area (Å²) in [5, 5.41) is 0. The summed E-state index contributed by atoms with van der Waals surface area (Å²) in [7, 11) is 0. The van der Waals surface area contributed by atoms with Crippen LogP contribution in [0, 0.1) is 17.8 Å². The average Bonchev–Trinajstić information content (AvgIpc) is 2.52. The molecule has 2 saturated carbocycles. The molecule has 1 atom stereocenters. The predicted molar refractivity (Wildman–Crippen MR) is 81.3 cm³/mol. The van der Waals surface area contributed by atoms with Crippen LogP contribution >= 0.6 is 0 Å². The van der Waals surface area contributed by atoms with Gasteiger partial charge in [-0.25, -0.2) is 9.59 Å². The first-order chi connectivity index (χ1) is 10.2. The van der Waals surface area contributed by atoms with E-state index >= 15 is 0 Å². The molecule has 0 saturated heterocycles. The van der Waals surface area contributed by atoms with E-state index in [0.717, 1.165) is 24.7 Å². The summed E-state index contributed by atoms with van der Waals surface area (Å²) in [6.45, 7) is 2.30. The number of isocyanates is 2. The fourth-order valence-corrected chi connectivity index (χ4v) is 4.56. The largest absolute Gasteiger partial charge is 0.237 e. The molecule has 1 unspecified atom stereocenters. The van der Waals surface area contributed by atoms with Gasteiger partial charge in [0.05, 0.1) is 0 Å². The standard InChI is InChI=1S/C17H26N2O2/c1-2-16(14-6-4-3-5-7-14)15-8-10-17(11-9-15,18-12-20)19-13-21/h14-16H,2-11H2,1H3. The van der Waals surface area contributed by atoms with Crippen LogP contribution in [0.2, 0.25) is 0 Å². The van der Waals surface area contributed by atoms with Gasteiger partial charge in [-0.05, 0) is 43.4 Å². The zero-order valence-corrected chi connectivity index (χ0v) is 13.0. The number of carbonyl (C=O) groups excluding carboxylic acids is 2. The molecule has 0 N–H and O–H groups in total. The number of hydrogen-bond donors (Lipinski definition) is 0. The Morgan fingerprint density at radius 1 is 0.952 bits per heavy atom. The van der Waals surface area contributed by atoms with Crippen LogP contribution in [-0.2, 0) is 9.59 Å². The van der Waals surface area contributed by atoms with Gasteiger partial charge >= 0.3 is 0 Å². The third-order valence-corrected chi connectivity index (χ3v) is 5.67. The summed E-state index contributed by atoms with van der Waals surface area (Å²) < 4.78 is 0. The second kappa shape index (κ2) is 7.68. The molecule has 2 aliphatic carbocycles. The highest BCUT2D eigenvalue weighted by Crippen LogP contribution is 2.44. The van der Waals surface area contributed by atoms with Crippen LogP contribution in [0.4, 0.5) is 0 Å². The van der Waals surface area contributed by atoms with Crippen LogP contribution in [0.1, 0.15) is 71.1 Å². The molecule has 0 aliphatic heterocycles. The van der Waals surface area contributed by atoms with Gasteiger partial charge in [-0.15, -0.1) is 0 Å². The van der Waals surface area contributed by atoms with Crippen molar-refractivity contribution in [1.29, 1.82) is 0 Å². The highest BCUT2D eigenvalue weighted by Gasteiger charge is 2.39. The molecule has 0 radical (unpaired) electrons. The SMILES string of the molecule is CCC(C1CCCCC1)C1CCC(N=C=O)(N=C=O)CC1. The van der Waals surface area contributed by atoms with E-state index in [4.69, 9.17) is 0 Å². The molecule has 2 aliphatic rings. The molecule has 21 heavy (non-hydrogen) atoms. The molecule has 0 aromatic rings. The maximum Gasteiger partial charge on any atom is 0.237 e. The van der Waals surface area contributed by atoms with Crippen molar-refractivity contribution in [2.75, 3.05) is 0 Å². The zero-order valence-electron chi connectivity index (χ0n) is 13.0. The summed E-state index contributed by atoms with van der Waals surface area (Å²) >= 11 is 0. The van der Waals surface area contributed by atoms with Crippen molar-refractivity contribution in [2.45, 2.75) is 76.8 Å². The van der Waals surface area contributed by atoms with Crippen molar-refractivity contribution in [3.8, 4) is 0 Å². The maximum absolute atomic E-state index is 10.6. The zero-order chi connectivity index (χ0) is 15.1. The second-order valence-electron chi connectivity index (χ2n) is 6.70. The van der Waals surface area contributed by atoms with Crippen molar-refractivity contribution in [3.05, 3.63) is 0 Å². The Hall–Kier alpha value is -1.24. The van der Waals surface area contributed by atoms with E-state index in [-0.39, 0.29) is 0 Å². The van der Waals surface area contributed by atoms with Crippen molar-refractivity contribution < 1.29 is 9.59 Å². The third kappa shape index (κ3) is 3.90. The highest BCUT2D eigenvalue weighted by molar-refractivity contribution is 5.39.